The Morgan fingerprint density at radius 1 is 1.10 bits per heavy atom. The number of aryl methyl sites for hydroxylation is 1. The fraction of sp³-hybridized carbons (Fsp3) is 0.619. The quantitative estimate of drug-likeness (QED) is 0.786. The Kier molecular flexibility index (Phi) is 5.76. The van der Waals surface area contributed by atoms with Gasteiger partial charge in [-0.1, -0.05) is 12.8 Å². The SMILES string of the molecule is Cc1cc2c(cc1S(=O)(=O)N1CCC[C@H]1C(=O)N1CCCCCC1)O[C@@H](C)C(=O)N2. The van der Waals surface area contributed by atoms with Crippen molar-refractivity contribution in [3.05, 3.63) is 17.7 Å². The molecule has 3 heterocycles. The molecule has 0 aliphatic carbocycles. The van der Waals surface area contributed by atoms with Gasteiger partial charge in [0.1, 0.15) is 11.8 Å². The number of nitrogens with zero attached hydrogens (tertiary/aromatic N) is 2. The van der Waals surface area contributed by atoms with Crippen LogP contribution in [-0.2, 0) is 19.6 Å². The Balaban J connectivity index is 1.63. The highest BCUT2D eigenvalue weighted by atomic mass is 32.2. The number of carbonyl (C=O) groups is 2. The molecule has 2 fully saturated rings. The van der Waals surface area contributed by atoms with Crippen molar-refractivity contribution >= 4 is 27.5 Å². The summed E-state index contributed by atoms with van der Waals surface area (Å²) in [6, 6.07) is 2.44. The third-order valence-corrected chi connectivity index (χ3v) is 8.25. The molecule has 8 nitrogen and oxygen atoms in total. The summed E-state index contributed by atoms with van der Waals surface area (Å²) < 4.78 is 34.1. The second-order valence-corrected chi connectivity index (χ2v) is 10.2. The van der Waals surface area contributed by atoms with E-state index in [9.17, 15) is 18.0 Å². The lowest BCUT2D eigenvalue weighted by molar-refractivity contribution is -0.134. The highest BCUT2D eigenvalue weighted by molar-refractivity contribution is 7.89. The van der Waals surface area contributed by atoms with E-state index >= 15 is 0 Å². The van der Waals surface area contributed by atoms with Gasteiger partial charge in [-0.25, -0.2) is 8.42 Å². The summed E-state index contributed by atoms with van der Waals surface area (Å²) in [4.78, 5) is 27.0. The number of rotatable bonds is 3. The largest absolute Gasteiger partial charge is 0.479 e. The molecule has 30 heavy (non-hydrogen) atoms. The number of sulfonamides is 1. The van der Waals surface area contributed by atoms with Crippen LogP contribution in [0.3, 0.4) is 0 Å². The van der Waals surface area contributed by atoms with E-state index in [0.717, 1.165) is 25.7 Å². The van der Waals surface area contributed by atoms with Gasteiger partial charge >= 0.3 is 0 Å². The molecule has 3 aliphatic rings. The molecule has 0 saturated carbocycles. The van der Waals surface area contributed by atoms with Crippen LogP contribution in [-0.4, -0.2) is 61.2 Å². The van der Waals surface area contributed by atoms with E-state index < -0.39 is 22.2 Å². The highest BCUT2D eigenvalue weighted by Gasteiger charge is 2.42. The van der Waals surface area contributed by atoms with Gasteiger partial charge in [0.15, 0.2) is 6.10 Å². The number of carbonyl (C=O) groups excluding carboxylic acids is 2. The average molecular weight is 436 g/mol. The summed E-state index contributed by atoms with van der Waals surface area (Å²) in [5, 5.41) is 2.74. The number of benzene rings is 1. The maximum Gasteiger partial charge on any atom is 0.265 e. The van der Waals surface area contributed by atoms with Gasteiger partial charge in [0.25, 0.3) is 5.91 Å². The Bertz CT molecular complexity index is 954. The monoisotopic (exact) mass is 435 g/mol. The minimum Gasteiger partial charge on any atom is -0.479 e. The molecular formula is C21H29N3O5S. The molecule has 0 bridgehead atoms. The van der Waals surface area contributed by atoms with Crippen LogP contribution in [0.2, 0.25) is 0 Å². The molecule has 2 saturated heterocycles. The molecule has 4 rings (SSSR count). The van der Waals surface area contributed by atoms with Crippen LogP contribution >= 0.6 is 0 Å². The second-order valence-electron chi connectivity index (χ2n) is 8.38. The summed E-state index contributed by atoms with van der Waals surface area (Å²) >= 11 is 0. The predicted octanol–water partition coefficient (Wildman–Crippen LogP) is 2.27. The van der Waals surface area contributed by atoms with Gasteiger partial charge in [-0.2, -0.15) is 4.31 Å². The highest BCUT2D eigenvalue weighted by Crippen LogP contribution is 2.37. The number of ether oxygens (including phenoxy) is 1. The third kappa shape index (κ3) is 3.80. The summed E-state index contributed by atoms with van der Waals surface area (Å²) in [5.74, 6) is -0.00764. The fourth-order valence-corrected chi connectivity index (χ4v) is 6.40. The van der Waals surface area contributed by atoms with E-state index in [1.807, 2.05) is 4.90 Å². The Hall–Kier alpha value is -2.13. The van der Waals surface area contributed by atoms with E-state index in [2.05, 4.69) is 5.32 Å². The molecule has 9 heteroatoms. The van der Waals surface area contributed by atoms with E-state index in [4.69, 9.17) is 4.74 Å². The van der Waals surface area contributed by atoms with Gasteiger partial charge in [0, 0.05) is 25.7 Å². The van der Waals surface area contributed by atoms with Crippen LogP contribution in [0.5, 0.6) is 5.75 Å². The first-order chi connectivity index (χ1) is 14.3. The van der Waals surface area contributed by atoms with E-state index in [1.54, 1.807) is 19.9 Å². The molecule has 1 N–H and O–H groups in total. The molecule has 0 spiro atoms. The summed E-state index contributed by atoms with van der Waals surface area (Å²) in [7, 11) is -3.88. The molecule has 1 aromatic rings. The molecule has 1 aromatic carbocycles. The van der Waals surface area contributed by atoms with Gasteiger partial charge in [-0.15, -0.1) is 0 Å². The number of fused-ring (bicyclic) bond motifs is 1. The minimum atomic E-state index is -3.88. The van der Waals surface area contributed by atoms with Gasteiger partial charge in [-0.3, -0.25) is 9.59 Å². The molecule has 2 atom stereocenters. The predicted molar refractivity (Wildman–Crippen MR) is 112 cm³/mol. The smallest absolute Gasteiger partial charge is 0.265 e. The van der Waals surface area contributed by atoms with E-state index in [-0.39, 0.29) is 16.7 Å². The van der Waals surface area contributed by atoms with Gasteiger partial charge in [0.05, 0.1) is 10.6 Å². The lowest BCUT2D eigenvalue weighted by atomic mass is 10.1. The van der Waals surface area contributed by atoms with Crippen molar-refractivity contribution in [1.82, 2.24) is 9.21 Å². The van der Waals surface area contributed by atoms with Crippen LogP contribution in [0.4, 0.5) is 5.69 Å². The molecule has 3 aliphatic heterocycles. The molecule has 0 radical (unpaired) electrons. The second kappa shape index (κ2) is 8.19. The Labute approximate surface area is 177 Å². The summed E-state index contributed by atoms with van der Waals surface area (Å²) in [6.45, 7) is 5.04. The van der Waals surface area contributed by atoms with Crippen molar-refractivity contribution in [2.45, 2.75) is 69.4 Å². The van der Waals surface area contributed by atoms with Crippen molar-refractivity contribution < 1.29 is 22.7 Å². The van der Waals surface area contributed by atoms with E-state index in [0.29, 0.717) is 49.5 Å². The van der Waals surface area contributed by atoms with Gasteiger partial charge in [-0.05, 0) is 51.2 Å². The van der Waals surface area contributed by atoms with Crippen molar-refractivity contribution in [3.63, 3.8) is 0 Å². The van der Waals surface area contributed by atoms with Crippen molar-refractivity contribution in [2.24, 2.45) is 0 Å². The van der Waals surface area contributed by atoms with Crippen molar-refractivity contribution in [3.8, 4) is 5.75 Å². The first-order valence-corrected chi connectivity index (χ1v) is 12.2. The maximum atomic E-state index is 13.6. The zero-order chi connectivity index (χ0) is 21.5. The van der Waals surface area contributed by atoms with Crippen LogP contribution in [0.15, 0.2) is 17.0 Å². The molecule has 0 unspecified atom stereocenters. The topological polar surface area (TPSA) is 96.0 Å². The van der Waals surface area contributed by atoms with Crippen LogP contribution < -0.4 is 10.1 Å². The normalized spacial score (nSPS) is 25.3. The minimum absolute atomic E-state index is 0.0780. The number of nitrogens with one attached hydrogen (secondary N) is 1. The van der Waals surface area contributed by atoms with Crippen molar-refractivity contribution in [2.75, 3.05) is 25.0 Å². The third-order valence-electron chi connectivity index (χ3n) is 6.20. The van der Waals surface area contributed by atoms with Crippen molar-refractivity contribution in [1.29, 1.82) is 0 Å². The standard InChI is InChI=1S/C21H29N3O5S/c1-14-12-16-18(29-15(2)20(25)22-16)13-19(14)30(27,28)24-11-7-8-17(24)21(26)23-9-5-3-4-6-10-23/h12-13,15,17H,3-11H2,1-2H3,(H,22,25)/t15-,17-/m0/s1. The zero-order valence-electron chi connectivity index (χ0n) is 17.5. The number of likely N-dealkylation sites (tertiary alicyclic amines) is 1. The number of amides is 2. The number of hydrogen-bond acceptors (Lipinski definition) is 5. The molecule has 164 valence electrons. The van der Waals surface area contributed by atoms with Gasteiger partial charge < -0.3 is 15.0 Å². The Morgan fingerprint density at radius 3 is 2.50 bits per heavy atom. The van der Waals surface area contributed by atoms with Crippen LogP contribution in [0.1, 0.15) is 51.0 Å². The maximum absolute atomic E-state index is 13.6. The molecular weight excluding hydrogens is 406 g/mol. The molecule has 0 aromatic heterocycles. The number of hydrogen-bond donors (Lipinski definition) is 1. The number of anilines is 1. The van der Waals surface area contributed by atoms with Gasteiger partial charge in [0.2, 0.25) is 15.9 Å². The fourth-order valence-electron chi connectivity index (χ4n) is 4.52. The Morgan fingerprint density at radius 2 is 1.80 bits per heavy atom. The summed E-state index contributed by atoms with van der Waals surface area (Å²) in [6.07, 6.45) is 4.67. The lowest BCUT2D eigenvalue weighted by Gasteiger charge is -2.30. The lowest BCUT2D eigenvalue weighted by Crippen LogP contribution is -2.48. The zero-order valence-corrected chi connectivity index (χ0v) is 18.3. The first-order valence-electron chi connectivity index (χ1n) is 10.7. The first kappa shape index (κ1) is 21.1. The van der Waals surface area contributed by atoms with Crippen LogP contribution in [0.25, 0.3) is 0 Å². The van der Waals surface area contributed by atoms with E-state index in [1.165, 1.54) is 10.4 Å². The average Bonchev–Trinajstić information content (AvgIpc) is 3.05. The molecule has 2 amide bonds. The van der Waals surface area contributed by atoms with Crippen LogP contribution in [0, 0.1) is 6.92 Å². The summed E-state index contributed by atoms with van der Waals surface area (Å²) in [5.41, 5.74) is 0.980.